The first kappa shape index (κ1) is 12.5. The Labute approximate surface area is 62.3 Å². The molecule has 0 fully saturated rings. The zero-order valence-electron chi connectivity index (χ0n) is 6.75. The Bertz CT molecular complexity index is 144. The van der Waals surface area contributed by atoms with E-state index < -0.39 is 10.1 Å². The molecule has 0 aliphatic rings. The van der Waals surface area contributed by atoms with E-state index in [-0.39, 0.29) is 5.75 Å². The van der Waals surface area contributed by atoms with Crippen LogP contribution in [0.15, 0.2) is 0 Å². The normalized spacial score (nSPS) is 10.6. The van der Waals surface area contributed by atoms with Crippen molar-refractivity contribution < 1.29 is 17.3 Å². The highest BCUT2D eigenvalue weighted by Crippen LogP contribution is 1.73. The standard InChI is InChI=1S/C3H9O.C2H6O3S/c1-4(2)3;1-2-6(3,4)5/h1-3H3;2H2,1H3,(H,3,4,5)/q+1;/p-1. The molecule has 0 N–H and O–H groups in total. The molecule has 0 saturated carbocycles. The summed E-state index contributed by atoms with van der Waals surface area (Å²) in [7, 11) is 1.84. The molecule has 0 aliphatic heterocycles. The first-order valence-electron chi connectivity index (χ1n) is 2.72. The van der Waals surface area contributed by atoms with Crippen LogP contribution in [-0.4, -0.2) is 40.1 Å². The molecule has 0 radical (unpaired) electrons. The Hall–Kier alpha value is -0.130. The third-order valence-electron chi connectivity index (χ3n) is 0.354. The molecule has 0 saturated heterocycles. The lowest BCUT2D eigenvalue weighted by atomic mass is 11.0. The van der Waals surface area contributed by atoms with Crippen molar-refractivity contribution in [2.45, 2.75) is 6.92 Å². The van der Waals surface area contributed by atoms with E-state index in [1.54, 1.807) is 0 Å². The van der Waals surface area contributed by atoms with E-state index in [0.717, 1.165) is 0 Å². The highest BCUT2D eigenvalue weighted by Gasteiger charge is 1.80. The minimum Gasteiger partial charge on any atom is -0.748 e. The predicted molar refractivity (Wildman–Crippen MR) is 39.1 cm³/mol. The van der Waals surface area contributed by atoms with Gasteiger partial charge in [0.25, 0.3) is 0 Å². The third-order valence-corrected chi connectivity index (χ3v) is 1.06. The van der Waals surface area contributed by atoms with Crippen LogP contribution in [0.3, 0.4) is 0 Å². The molecule has 10 heavy (non-hydrogen) atoms. The summed E-state index contributed by atoms with van der Waals surface area (Å²) in [6, 6.07) is 0. The van der Waals surface area contributed by atoms with Crippen LogP contribution in [0.5, 0.6) is 0 Å². The van der Waals surface area contributed by atoms with E-state index in [1.807, 2.05) is 21.3 Å². The first-order valence-corrected chi connectivity index (χ1v) is 4.30. The van der Waals surface area contributed by atoms with Gasteiger partial charge in [-0.2, -0.15) is 0 Å². The molecule has 0 aromatic rings. The van der Waals surface area contributed by atoms with Crippen LogP contribution in [-0.2, 0) is 14.5 Å². The summed E-state index contributed by atoms with van der Waals surface area (Å²) in [5, 5.41) is 0. The Morgan fingerprint density at radius 3 is 1.40 bits per heavy atom. The molecular weight excluding hydrogens is 156 g/mol. The summed E-state index contributed by atoms with van der Waals surface area (Å²) in [6.45, 7) is 1.31. The maximum Gasteiger partial charge on any atom is 0.135 e. The minimum absolute atomic E-state index is 0.312. The zero-order chi connectivity index (χ0) is 8.78. The molecule has 0 amide bonds. The highest BCUT2D eigenvalue weighted by molar-refractivity contribution is 7.85. The van der Waals surface area contributed by atoms with Crippen molar-refractivity contribution in [1.29, 1.82) is 0 Å². The smallest absolute Gasteiger partial charge is 0.135 e. The second-order valence-corrected chi connectivity index (χ2v) is 3.76. The van der Waals surface area contributed by atoms with Crippen LogP contribution in [0.25, 0.3) is 0 Å². The SMILES string of the molecule is CCS(=O)(=O)[O-].C[O+](C)C. The van der Waals surface area contributed by atoms with Gasteiger partial charge in [0.05, 0.1) is 10.1 Å². The Morgan fingerprint density at radius 2 is 1.40 bits per heavy atom. The predicted octanol–water partition coefficient (Wildman–Crippen LogP) is -0.0204. The van der Waals surface area contributed by atoms with Crippen molar-refractivity contribution in [2.24, 2.45) is 0 Å². The van der Waals surface area contributed by atoms with Gasteiger partial charge in [0, 0.05) is 5.75 Å². The van der Waals surface area contributed by atoms with Crippen molar-refractivity contribution in [3.05, 3.63) is 0 Å². The van der Waals surface area contributed by atoms with E-state index in [9.17, 15) is 13.0 Å². The summed E-state index contributed by atoms with van der Waals surface area (Å²) < 4.78 is 30.9. The Morgan fingerprint density at radius 1 is 1.30 bits per heavy atom. The van der Waals surface area contributed by atoms with Gasteiger partial charge < -0.3 is 8.92 Å². The quantitative estimate of drug-likeness (QED) is 0.410. The topological polar surface area (TPSA) is 59.9 Å². The Balaban J connectivity index is 0. The lowest BCUT2D eigenvalue weighted by molar-refractivity contribution is -0.00282. The van der Waals surface area contributed by atoms with Gasteiger partial charge in [-0.15, -0.1) is 0 Å². The average Bonchev–Trinajstić information content (AvgIpc) is 1.63. The zero-order valence-corrected chi connectivity index (χ0v) is 7.56. The second kappa shape index (κ2) is 5.64. The first-order chi connectivity index (χ1) is 4.29. The number of hydrogen-bond acceptors (Lipinski definition) is 3. The summed E-state index contributed by atoms with van der Waals surface area (Å²) >= 11 is 0. The van der Waals surface area contributed by atoms with E-state index in [0.29, 0.717) is 0 Å². The van der Waals surface area contributed by atoms with Gasteiger partial charge in [0.1, 0.15) is 21.3 Å². The van der Waals surface area contributed by atoms with Crippen LogP contribution >= 0.6 is 0 Å². The van der Waals surface area contributed by atoms with E-state index in [1.165, 1.54) is 6.92 Å². The molecule has 5 heteroatoms. The molecule has 0 heterocycles. The largest absolute Gasteiger partial charge is 0.748 e. The lowest BCUT2D eigenvalue weighted by Gasteiger charge is -1.97. The molecule has 4 nitrogen and oxygen atoms in total. The number of hydrogen-bond donors (Lipinski definition) is 0. The minimum atomic E-state index is -3.91. The van der Waals surface area contributed by atoms with Crippen molar-refractivity contribution in [3.8, 4) is 0 Å². The van der Waals surface area contributed by atoms with Crippen LogP contribution in [0, 0.1) is 0 Å². The molecule has 0 aliphatic carbocycles. The van der Waals surface area contributed by atoms with Gasteiger partial charge in [-0.1, -0.05) is 6.92 Å². The van der Waals surface area contributed by atoms with Gasteiger partial charge in [-0.3, -0.25) is 0 Å². The third kappa shape index (κ3) is 45.1. The van der Waals surface area contributed by atoms with Gasteiger partial charge >= 0.3 is 0 Å². The maximum absolute atomic E-state index is 9.44. The monoisotopic (exact) mass is 170 g/mol. The lowest BCUT2D eigenvalue weighted by Crippen LogP contribution is -1.98. The van der Waals surface area contributed by atoms with Gasteiger partial charge in [0.2, 0.25) is 0 Å². The fraction of sp³-hybridized carbons (Fsp3) is 1.00. The van der Waals surface area contributed by atoms with E-state index in [2.05, 4.69) is 4.37 Å². The van der Waals surface area contributed by atoms with E-state index in [4.69, 9.17) is 0 Å². The van der Waals surface area contributed by atoms with Crippen LogP contribution in [0.2, 0.25) is 0 Å². The van der Waals surface area contributed by atoms with Crippen LogP contribution in [0.1, 0.15) is 6.92 Å². The van der Waals surface area contributed by atoms with Crippen molar-refractivity contribution in [1.82, 2.24) is 0 Å². The molecule has 0 rings (SSSR count). The number of rotatable bonds is 1. The fourth-order valence-corrected chi connectivity index (χ4v) is 0. The fourth-order valence-electron chi connectivity index (χ4n) is 0. The Kier molecular flexibility index (Phi) is 7.07. The van der Waals surface area contributed by atoms with Gasteiger partial charge in [-0.25, -0.2) is 8.42 Å². The molecule has 0 aromatic carbocycles. The van der Waals surface area contributed by atoms with Crippen LogP contribution in [0.4, 0.5) is 0 Å². The molecule has 64 valence electrons. The second-order valence-electron chi connectivity index (χ2n) is 2.07. The summed E-state index contributed by atoms with van der Waals surface area (Å²) in [6.07, 6.45) is 0. The van der Waals surface area contributed by atoms with Gasteiger partial charge in [0.15, 0.2) is 0 Å². The molecule has 0 spiro atoms. The maximum atomic E-state index is 9.44. The summed E-state index contributed by atoms with van der Waals surface area (Å²) in [5.74, 6) is -0.312. The molecule has 0 bridgehead atoms. The highest BCUT2D eigenvalue weighted by atomic mass is 32.2. The van der Waals surface area contributed by atoms with Gasteiger partial charge in [-0.05, 0) is 0 Å². The molecule has 0 unspecified atom stereocenters. The van der Waals surface area contributed by atoms with Crippen LogP contribution < -0.4 is 0 Å². The van der Waals surface area contributed by atoms with E-state index >= 15 is 0 Å². The van der Waals surface area contributed by atoms with Crippen molar-refractivity contribution in [3.63, 3.8) is 0 Å². The van der Waals surface area contributed by atoms with Crippen molar-refractivity contribution in [2.75, 3.05) is 27.1 Å². The summed E-state index contributed by atoms with van der Waals surface area (Å²) in [5.41, 5.74) is 0. The van der Waals surface area contributed by atoms with Crippen molar-refractivity contribution >= 4 is 10.1 Å². The summed E-state index contributed by atoms with van der Waals surface area (Å²) in [4.78, 5) is 0. The average molecular weight is 170 g/mol. The molecule has 0 atom stereocenters. The molecular formula is C5H14O4S. The molecule has 0 aromatic heterocycles.